The Labute approximate surface area is 59.3 Å². The highest BCUT2D eigenvalue weighted by Gasteiger charge is 1.98. The van der Waals surface area contributed by atoms with Crippen molar-refractivity contribution in [1.82, 2.24) is 4.98 Å². The van der Waals surface area contributed by atoms with Crippen LogP contribution in [0.2, 0.25) is 0 Å². The number of nitrogens with one attached hydrogen (secondary N) is 1. The molecule has 1 aromatic rings. The standard InChI is InChI=1S/C4H5N.ClHO4/c1-2-4-5-3-1;2-1(3,4)5/h1-5H;(H,2,3,4,5). The van der Waals surface area contributed by atoms with E-state index in [0.717, 1.165) is 0 Å². The molecule has 10 heavy (non-hydrogen) atoms. The topological polar surface area (TPSA) is 105 Å². The summed E-state index contributed by atoms with van der Waals surface area (Å²) in [5.74, 6) is 0. The molecule has 1 rings (SSSR count). The van der Waals surface area contributed by atoms with Gasteiger partial charge in [0.25, 0.3) is 0 Å². The van der Waals surface area contributed by atoms with E-state index < -0.39 is 10.2 Å². The summed E-state index contributed by atoms with van der Waals surface area (Å²) < 4.78 is 32.7. The highest BCUT2D eigenvalue weighted by molar-refractivity contribution is 4.84. The van der Waals surface area contributed by atoms with Crippen LogP contribution in [-0.2, 0) is 0 Å². The Morgan fingerprint density at radius 2 is 1.40 bits per heavy atom. The van der Waals surface area contributed by atoms with E-state index >= 15 is 0 Å². The van der Waals surface area contributed by atoms with Crippen LogP contribution in [0.15, 0.2) is 24.5 Å². The maximum Gasteiger partial charge on any atom is 0.0777 e. The second-order valence-corrected chi connectivity index (χ2v) is 2.07. The average Bonchev–Trinajstić information content (AvgIpc) is 2.07. The first kappa shape index (κ1) is 9.41. The molecule has 1 heterocycles. The minimum absolute atomic E-state index is 1.88. The van der Waals surface area contributed by atoms with Gasteiger partial charge in [0.2, 0.25) is 0 Å². The molecule has 5 nitrogen and oxygen atoms in total. The van der Waals surface area contributed by atoms with E-state index in [2.05, 4.69) is 4.98 Å². The zero-order valence-corrected chi connectivity index (χ0v) is 5.62. The minimum atomic E-state index is -4.69. The number of halogens is 1. The largest absolute Gasteiger partial charge is 0.368 e. The first-order valence-electron chi connectivity index (χ1n) is 2.21. The number of hydrogen-bond acceptors (Lipinski definition) is 4. The number of rotatable bonds is 0. The highest BCUT2D eigenvalue weighted by Crippen LogP contribution is 1.72. The zero-order valence-electron chi connectivity index (χ0n) is 4.86. The molecule has 0 fully saturated rings. The summed E-state index contributed by atoms with van der Waals surface area (Å²) in [6, 6.07) is 3.89. The lowest BCUT2D eigenvalue weighted by atomic mass is 10.7. The first-order chi connectivity index (χ1) is 4.50. The molecular weight excluding hydrogens is 162 g/mol. The number of aromatic nitrogens is 1. The zero-order chi connectivity index (χ0) is 8.04. The fourth-order valence-corrected chi connectivity index (χ4v) is 0.278. The highest BCUT2D eigenvalue weighted by atomic mass is 35.7. The Hall–Kier alpha value is -0.590. The second kappa shape index (κ2) is 4.26. The summed E-state index contributed by atoms with van der Waals surface area (Å²) in [4.78, 5) is 2.86. The molecule has 0 radical (unpaired) electrons. The van der Waals surface area contributed by atoms with Gasteiger partial charge in [-0.2, -0.15) is 14.0 Å². The molecule has 0 aliphatic carbocycles. The Kier molecular flexibility index (Phi) is 4.01. The molecule has 6 heteroatoms. The van der Waals surface area contributed by atoms with Crippen molar-refractivity contribution in [2.45, 2.75) is 0 Å². The van der Waals surface area contributed by atoms with Gasteiger partial charge in [0.15, 0.2) is 0 Å². The number of hydrogen-bond donors (Lipinski definition) is 2. The van der Waals surface area contributed by atoms with Crippen LogP contribution in [-0.4, -0.2) is 9.64 Å². The summed E-state index contributed by atoms with van der Waals surface area (Å²) >= 11 is 0. The van der Waals surface area contributed by atoms with Crippen LogP contribution in [0.1, 0.15) is 0 Å². The summed E-state index contributed by atoms with van der Waals surface area (Å²) in [7, 11) is -4.69. The van der Waals surface area contributed by atoms with E-state index in [1.807, 2.05) is 24.5 Å². The third-order valence-corrected chi connectivity index (χ3v) is 0.496. The molecule has 0 unspecified atom stereocenters. The van der Waals surface area contributed by atoms with E-state index in [9.17, 15) is 0 Å². The predicted molar refractivity (Wildman–Crippen MR) is 23.0 cm³/mol. The second-order valence-electron chi connectivity index (χ2n) is 1.28. The Morgan fingerprint density at radius 1 is 1.10 bits per heavy atom. The van der Waals surface area contributed by atoms with E-state index in [4.69, 9.17) is 18.6 Å². The number of aromatic amines is 1. The van der Waals surface area contributed by atoms with Crippen molar-refractivity contribution in [2.75, 3.05) is 0 Å². The summed E-state index contributed by atoms with van der Waals surface area (Å²) in [5, 5.41) is 0. The maximum absolute atomic E-state index is 8.60. The molecule has 0 spiro atoms. The molecule has 0 bridgehead atoms. The van der Waals surface area contributed by atoms with E-state index in [0.29, 0.717) is 0 Å². The summed E-state index contributed by atoms with van der Waals surface area (Å²) in [6.45, 7) is 0. The van der Waals surface area contributed by atoms with Gasteiger partial charge in [-0.05, 0) is 12.1 Å². The quantitative estimate of drug-likeness (QED) is 0.427. The average molecular weight is 168 g/mol. The molecule has 0 aliphatic heterocycles. The van der Waals surface area contributed by atoms with Crippen LogP contribution in [0, 0.1) is 10.2 Å². The van der Waals surface area contributed by atoms with Gasteiger partial charge in [0.05, 0.1) is 14.9 Å². The molecule has 0 atom stereocenters. The van der Waals surface area contributed by atoms with Gasteiger partial charge in [-0.1, -0.05) is 0 Å². The molecular formula is C4H6ClNO4. The SMILES string of the molecule is [O-][Cl+3]([O-])([O-])O.c1cc[nH]c1. The smallest absolute Gasteiger partial charge is 0.0777 e. The van der Waals surface area contributed by atoms with Gasteiger partial charge in [-0.25, -0.2) is 0 Å². The van der Waals surface area contributed by atoms with Crippen LogP contribution in [0.25, 0.3) is 0 Å². The van der Waals surface area contributed by atoms with Crippen LogP contribution in [0.4, 0.5) is 0 Å². The van der Waals surface area contributed by atoms with Crippen LogP contribution < -0.4 is 14.0 Å². The molecule has 0 amide bonds. The molecule has 0 aromatic carbocycles. The van der Waals surface area contributed by atoms with Gasteiger partial charge < -0.3 is 4.98 Å². The molecule has 0 saturated heterocycles. The van der Waals surface area contributed by atoms with Crippen molar-refractivity contribution < 1.29 is 28.9 Å². The van der Waals surface area contributed by atoms with Gasteiger partial charge in [0, 0.05) is 12.4 Å². The minimum Gasteiger partial charge on any atom is -0.368 e. The summed E-state index contributed by atoms with van der Waals surface area (Å²) in [6.07, 6.45) is 3.75. The van der Waals surface area contributed by atoms with Crippen molar-refractivity contribution in [3.05, 3.63) is 24.5 Å². The van der Waals surface area contributed by atoms with E-state index in [1.165, 1.54) is 0 Å². The number of H-pyrrole nitrogens is 1. The van der Waals surface area contributed by atoms with Gasteiger partial charge in [-0.15, -0.1) is 0 Å². The van der Waals surface area contributed by atoms with Gasteiger partial charge in [-0.3, -0.25) is 0 Å². The molecule has 0 saturated carbocycles. The fraction of sp³-hybridized carbons (Fsp3) is 0. The summed E-state index contributed by atoms with van der Waals surface area (Å²) in [5.41, 5.74) is 0. The first-order valence-corrected chi connectivity index (χ1v) is 3.47. The Morgan fingerprint density at radius 3 is 1.50 bits per heavy atom. The third-order valence-electron chi connectivity index (χ3n) is 0.496. The Balaban J connectivity index is 0.000000162. The molecule has 58 valence electrons. The Bertz CT molecular complexity index is 124. The van der Waals surface area contributed by atoms with Crippen LogP contribution >= 0.6 is 0 Å². The van der Waals surface area contributed by atoms with Crippen LogP contribution in [0.5, 0.6) is 0 Å². The van der Waals surface area contributed by atoms with Crippen LogP contribution in [0.3, 0.4) is 0 Å². The van der Waals surface area contributed by atoms with E-state index in [1.54, 1.807) is 0 Å². The maximum atomic E-state index is 8.60. The monoisotopic (exact) mass is 167 g/mol. The normalized spacial score (nSPS) is 10.0. The molecule has 1 aromatic heterocycles. The lowest BCUT2D eigenvalue weighted by Crippen LogP contribution is -2.58. The van der Waals surface area contributed by atoms with Gasteiger partial charge in [0.1, 0.15) is 0 Å². The third kappa shape index (κ3) is 15.7. The van der Waals surface area contributed by atoms with Crippen molar-refractivity contribution in [3.63, 3.8) is 0 Å². The van der Waals surface area contributed by atoms with Gasteiger partial charge >= 0.3 is 0 Å². The lowest BCUT2D eigenvalue weighted by Gasteiger charge is -2.03. The van der Waals surface area contributed by atoms with Crippen molar-refractivity contribution >= 4 is 0 Å². The van der Waals surface area contributed by atoms with Crippen molar-refractivity contribution in [1.29, 1.82) is 0 Å². The van der Waals surface area contributed by atoms with Crippen molar-refractivity contribution in [2.24, 2.45) is 0 Å². The molecule has 0 aliphatic rings. The van der Waals surface area contributed by atoms with E-state index in [-0.39, 0.29) is 0 Å². The predicted octanol–water partition coefficient (Wildman–Crippen LogP) is -3.11. The van der Waals surface area contributed by atoms with Crippen molar-refractivity contribution in [3.8, 4) is 0 Å². The lowest BCUT2D eigenvalue weighted by molar-refractivity contribution is -1.92. The molecule has 2 N–H and O–H groups in total. The fourth-order valence-electron chi connectivity index (χ4n) is 0.278.